The first-order valence-electron chi connectivity index (χ1n) is 8.18. The number of nitrogens with zero attached hydrogens (tertiary/aromatic N) is 2. The molecule has 1 aromatic heterocycles. The largest absolute Gasteiger partial charge is 0.497 e. The summed E-state index contributed by atoms with van der Waals surface area (Å²) < 4.78 is 10.9. The van der Waals surface area contributed by atoms with E-state index in [1.54, 1.807) is 7.11 Å². The molecule has 0 amide bonds. The summed E-state index contributed by atoms with van der Waals surface area (Å²) in [5.74, 6) is 0.935. The van der Waals surface area contributed by atoms with Crippen LogP contribution in [0.4, 0.5) is 0 Å². The van der Waals surface area contributed by atoms with Crippen LogP contribution in [-0.2, 0) is 12.8 Å². The van der Waals surface area contributed by atoms with Crippen LogP contribution in [0.5, 0.6) is 11.8 Å². The molecule has 4 rings (SSSR count). The van der Waals surface area contributed by atoms with E-state index in [1.807, 2.05) is 13.1 Å². The summed E-state index contributed by atoms with van der Waals surface area (Å²) in [4.78, 5) is 8.99. The number of aryl methyl sites for hydroxylation is 2. The molecule has 0 saturated heterocycles. The Morgan fingerprint density at radius 1 is 1.04 bits per heavy atom. The molecule has 0 N–H and O–H groups in total. The fourth-order valence-corrected chi connectivity index (χ4v) is 3.61. The maximum Gasteiger partial charge on any atom is 0.316 e. The van der Waals surface area contributed by atoms with Gasteiger partial charge in [-0.05, 0) is 72.6 Å². The highest BCUT2D eigenvalue weighted by Gasteiger charge is 2.27. The summed E-state index contributed by atoms with van der Waals surface area (Å²) >= 11 is 0. The van der Waals surface area contributed by atoms with E-state index in [4.69, 9.17) is 9.47 Å². The van der Waals surface area contributed by atoms with Gasteiger partial charge < -0.3 is 9.47 Å². The van der Waals surface area contributed by atoms with Gasteiger partial charge in [0.15, 0.2) is 0 Å². The molecule has 4 heteroatoms. The van der Waals surface area contributed by atoms with Gasteiger partial charge in [-0.1, -0.05) is 6.07 Å². The summed E-state index contributed by atoms with van der Waals surface area (Å²) in [7, 11) is 1.72. The van der Waals surface area contributed by atoms with E-state index in [1.165, 1.54) is 27.8 Å². The summed E-state index contributed by atoms with van der Waals surface area (Å²) in [6.45, 7) is 2.55. The highest BCUT2D eigenvalue weighted by atomic mass is 16.5. The van der Waals surface area contributed by atoms with Crippen molar-refractivity contribution in [1.82, 2.24) is 9.97 Å². The van der Waals surface area contributed by atoms with Crippen molar-refractivity contribution in [1.29, 1.82) is 0 Å². The second kappa shape index (κ2) is 5.69. The van der Waals surface area contributed by atoms with Crippen LogP contribution in [0.1, 0.15) is 42.1 Å². The number of hydrogen-bond acceptors (Lipinski definition) is 4. The average molecular weight is 308 g/mol. The predicted molar refractivity (Wildman–Crippen MR) is 89.7 cm³/mol. The molecule has 0 saturated carbocycles. The standard InChI is InChI=1S/C19H20N2O2/c1-3-23-19-20-11-13-5-7-16-15-9-6-14(22-2)10-12(15)4-8-17(16)18(13)21-19/h6,9-11H,3-5,7-8H2,1-2H3. The Labute approximate surface area is 136 Å². The Balaban J connectivity index is 1.82. The van der Waals surface area contributed by atoms with E-state index in [-0.39, 0.29) is 0 Å². The van der Waals surface area contributed by atoms with Crippen LogP contribution in [-0.4, -0.2) is 23.7 Å². The number of ether oxygens (including phenoxy) is 2. The Hall–Kier alpha value is -2.36. The lowest BCUT2D eigenvalue weighted by molar-refractivity contribution is 0.311. The third-order valence-corrected chi connectivity index (χ3v) is 4.69. The molecule has 0 radical (unpaired) electrons. The molecule has 118 valence electrons. The van der Waals surface area contributed by atoms with E-state index >= 15 is 0 Å². The summed E-state index contributed by atoms with van der Waals surface area (Å²) in [5.41, 5.74) is 7.87. The molecule has 1 aromatic carbocycles. The number of aromatic nitrogens is 2. The molecule has 23 heavy (non-hydrogen) atoms. The SMILES string of the molecule is CCOc1ncc2c(n1)C1=C(CC2)c2ccc(OC)cc2CC1. The lowest BCUT2D eigenvalue weighted by Gasteiger charge is -2.28. The van der Waals surface area contributed by atoms with Crippen LogP contribution in [0.3, 0.4) is 0 Å². The number of rotatable bonds is 3. The highest BCUT2D eigenvalue weighted by molar-refractivity contribution is 5.94. The minimum absolute atomic E-state index is 0.487. The zero-order valence-corrected chi connectivity index (χ0v) is 13.6. The quantitative estimate of drug-likeness (QED) is 0.867. The fraction of sp³-hybridized carbons (Fsp3) is 0.368. The molecule has 0 unspecified atom stereocenters. The molecule has 0 aliphatic heterocycles. The average Bonchev–Trinajstić information content (AvgIpc) is 2.60. The molecule has 2 aromatic rings. The van der Waals surface area contributed by atoms with Gasteiger partial charge in [-0.3, -0.25) is 0 Å². The van der Waals surface area contributed by atoms with Gasteiger partial charge in [-0.25, -0.2) is 4.98 Å². The van der Waals surface area contributed by atoms with Crippen molar-refractivity contribution in [2.24, 2.45) is 0 Å². The molecule has 1 heterocycles. The Morgan fingerprint density at radius 2 is 1.87 bits per heavy atom. The van der Waals surface area contributed by atoms with Gasteiger partial charge in [-0.15, -0.1) is 0 Å². The fourth-order valence-electron chi connectivity index (χ4n) is 3.61. The van der Waals surface area contributed by atoms with Crippen molar-refractivity contribution < 1.29 is 9.47 Å². The van der Waals surface area contributed by atoms with Crippen molar-refractivity contribution in [3.63, 3.8) is 0 Å². The topological polar surface area (TPSA) is 44.2 Å². The third kappa shape index (κ3) is 2.38. The van der Waals surface area contributed by atoms with Crippen molar-refractivity contribution in [3.8, 4) is 11.8 Å². The van der Waals surface area contributed by atoms with E-state index in [2.05, 4.69) is 28.2 Å². The van der Waals surface area contributed by atoms with Gasteiger partial charge >= 0.3 is 6.01 Å². The van der Waals surface area contributed by atoms with Gasteiger partial charge in [0.25, 0.3) is 0 Å². The molecule has 0 fully saturated rings. The van der Waals surface area contributed by atoms with Gasteiger partial charge in [0.1, 0.15) is 5.75 Å². The van der Waals surface area contributed by atoms with Crippen LogP contribution >= 0.6 is 0 Å². The lowest BCUT2D eigenvalue weighted by atomic mass is 9.78. The van der Waals surface area contributed by atoms with Crippen molar-refractivity contribution >= 4 is 11.1 Å². The number of fused-ring (bicyclic) bond motifs is 4. The molecule has 0 spiro atoms. The van der Waals surface area contributed by atoms with Gasteiger partial charge in [0.05, 0.1) is 19.4 Å². The summed E-state index contributed by atoms with van der Waals surface area (Å²) in [6, 6.07) is 6.90. The first-order chi connectivity index (χ1) is 11.3. The van der Waals surface area contributed by atoms with Crippen molar-refractivity contribution in [2.75, 3.05) is 13.7 Å². The van der Waals surface area contributed by atoms with E-state index in [0.29, 0.717) is 12.6 Å². The van der Waals surface area contributed by atoms with Crippen LogP contribution in [0, 0.1) is 0 Å². The Bertz CT molecular complexity index is 796. The number of methoxy groups -OCH3 is 1. The number of allylic oxidation sites excluding steroid dienone is 2. The Kier molecular flexibility index (Phi) is 3.52. The zero-order valence-electron chi connectivity index (χ0n) is 13.6. The van der Waals surface area contributed by atoms with Crippen LogP contribution in [0.2, 0.25) is 0 Å². The van der Waals surface area contributed by atoms with Crippen molar-refractivity contribution in [3.05, 3.63) is 46.8 Å². The first-order valence-corrected chi connectivity index (χ1v) is 8.18. The Morgan fingerprint density at radius 3 is 2.70 bits per heavy atom. The van der Waals surface area contributed by atoms with E-state index in [0.717, 1.165) is 37.1 Å². The maximum atomic E-state index is 5.49. The van der Waals surface area contributed by atoms with E-state index < -0.39 is 0 Å². The van der Waals surface area contributed by atoms with Gasteiger partial charge in [0, 0.05) is 6.20 Å². The predicted octanol–water partition coefficient (Wildman–Crippen LogP) is 3.69. The molecule has 2 aliphatic rings. The molecule has 0 bridgehead atoms. The highest BCUT2D eigenvalue weighted by Crippen LogP contribution is 2.43. The maximum absolute atomic E-state index is 5.49. The van der Waals surface area contributed by atoms with Gasteiger partial charge in [-0.2, -0.15) is 4.98 Å². The molecule has 2 aliphatic carbocycles. The molecule has 0 atom stereocenters. The summed E-state index contributed by atoms with van der Waals surface area (Å²) in [6.07, 6.45) is 6.02. The van der Waals surface area contributed by atoms with Crippen LogP contribution < -0.4 is 9.47 Å². The van der Waals surface area contributed by atoms with Crippen molar-refractivity contribution in [2.45, 2.75) is 32.6 Å². The number of hydrogen-bond donors (Lipinski definition) is 0. The minimum atomic E-state index is 0.487. The van der Waals surface area contributed by atoms with Gasteiger partial charge in [0.2, 0.25) is 0 Å². The van der Waals surface area contributed by atoms with Crippen LogP contribution in [0.15, 0.2) is 24.4 Å². The molecular formula is C19H20N2O2. The lowest BCUT2D eigenvalue weighted by Crippen LogP contribution is -2.14. The number of benzene rings is 1. The first kappa shape index (κ1) is 14.2. The smallest absolute Gasteiger partial charge is 0.316 e. The second-order valence-electron chi connectivity index (χ2n) is 5.94. The van der Waals surface area contributed by atoms with E-state index in [9.17, 15) is 0 Å². The molecular weight excluding hydrogens is 288 g/mol. The monoisotopic (exact) mass is 308 g/mol. The molecule has 4 nitrogen and oxygen atoms in total. The summed E-state index contributed by atoms with van der Waals surface area (Å²) in [5, 5.41) is 0. The van der Waals surface area contributed by atoms with Crippen LogP contribution in [0.25, 0.3) is 11.1 Å². The normalized spacial score (nSPS) is 15.6. The third-order valence-electron chi connectivity index (χ3n) is 4.69. The second-order valence-corrected chi connectivity index (χ2v) is 5.94. The minimum Gasteiger partial charge on any atom is -0.497 e. The zero-order chi connectivity index (χ0) is 15.8.